The van der Waals surface area contributed by atoms with Gasteiger partial charge in [0.05, 0.1) is 11.4 Å². The van der Waals surface area contributed by atoms with Crippen molar-refractivity contribution in [1.29, 1.82) is 0 Å². The van der Waals surface area contributed by atoms with Crippen molar-refractivity contribution >= 4 is 47.0 Å². The van der Waals surface area contributed by atoms with Crippen LogP contribution in [0.3, 0.4) is 0 Å². The van der Waals surface area contributed by atoms with Crippen molar-refractivity contribution < 1.29 is 34.8 Å². The predicted molar refractivity (Wildman–Crippen MR) is 83.2 cm³/mol. The summed E-state index contributed by atoms with van der Waals surface area (Å²) in [4.78, 5) is 7.95. The van der Waals surface area contributed by atoms with Crippen LogP contribution in [0.25, 0.3) is 0 Å². The fourth-order valence-corrected chi connectivity index (χ4v) is 1.13. The summed E-state index contributed by atoms with van der Waals surface area (Å²) in [5.41, 5.74) is 6.71. The molecule has 0 aromatic rings. The maximum atomic E-state index is 4.92. The molecule has 0 amide bonds. The second-order valence-corrected chi connectivity index (χ2v) is 3.95. The molecule has 0 rings (SSSR count). The summed E-state index contributed by atoms with van der Waals surface area (Å²) < 4.78 is 0. The third-order valence-corrected chi connectivity index (χ3v) is 2.21. The first-order valence-electron chi connectivity index (χ1n) is 5.55. The van der Waals surface area contributed by atoms with Crippen LogP contribution in [-0.2, 0) is 47.6 Å². The molecule has 0 saturated carbocycles. The standard InChI is InChI=1S/C10H20N6S2.Au.ClH/c1-5-11-9(17)15-13-7(3)8(4)14-16-10(18)12-6-2;;/h5-6H2,1-4H3,(H2,11,15,17)(H2,12,16,18);;1H/q;+3;/p-3/b13-7+,14-8+;;. The molecule has 0 aliphatic rings. The number of hydrogen-bond acceptors (Lipinski definition) is 6. The number of hydrogen-bond donors (Lipinski definition) is 2. The second-order valence-electron chi connectivity index (χ2n) is 3.18. The number of rotatable bonds is 5. The Kier molecular flexibility index (Phi) is 18.7. The summed E-state index contributed by atoms with van der Waals surface area (Å²) >= 11 is 9.85. The molecule has 10 heteroatoms. The number of aliphatic imine (C=N–C) groups is 2. The molecule has 0 aromatic carbocycles. The van der Waals surface area contributed by atoms with Gasteiger partial charge in [-0.15, -0.1) is 0 Å². The third kappa shape index (κ3) is 12.8. The molecule has 0 aromatic heterocycles. The van der Waals surface area contributed by atoms with Crippen molar-refractivity contribution in [3.8, 4) is 0 Å². The minimum absolute atomic E-state index is 0. The molecule has 0 aliphatic heterocycles. The number of halogens is 1. The van der Waals surface area contributed by atoms with Gasteiger partial charge in [0.2, 0.25) is 0 Å². The van der Waals surface area contributed by atoms with Crippen LogP contribution in [0.5, 0.6) is 0 Å². The van der Waals surface area contributed by atoms with Crippen molar-refractivity contribution in [1.82, 2.24) is 10.9 Å². The van der Waals surface area contributed by atoms with Crippen molar-refractivity contribution in [2.75, 3.05) is 13.1 Å². The molecule has 0 spiro atoms. The molecule has 0 unspecified atom stereocenters. The fourth-order valence-electron chi connectivity index (χ4n) is 0.783. The van der Waals surface area contributed by atoms with E-state index in [1.165, 1.54) is 0 Å². The van der Waals surface area contributed by atoms with E-state index in [0.717, 1.165) is 0 Å². The zero-order valence-electron chi connectivity index (χ0n) is 11.7. The van der Waals surface area contributed by atoms with Gasteiger partial charge in [0, 0.05) is 13.1 Å². The van der Waals surface area contributed by atoms with Gasteiger partial charge in [-0.2, -0.15) is 10.2 Å². The molecule has 0 heterocycles. The Balaban J connectivity index is -0.00000144. The van der Waals surface area contributed by atoms with Crippen LogP contribution in [0.4, 0.5) is 0 Å². The molecule has 0 fully saturated rings. The molecule has 0 radical (unpaired) electrons. The summed E-state index contributed by atoms with van der Waals surface area (Å²) in [5.74, 6) is 0. The molecular formula is C10H18AuClN6S2. The first-order chi connectivity index (χ1) is 8.51. The normalized spacial score (nSPS) is 13.2. The molecule has 0 atom stereocenters. The van der Waals surface area contributed by atoms with Crippen LogP contribution < -0.4 is 23.3 Å². The first-order valence-corrected chi connectivity index (χ1v) is 6.36. The minimum Gasteiger partial charge on any atom is -1.00 e. The van der Waals surface area contributed by atoms with Gasteiger partial charge in [-0.25, -0.2) is 0 Å². The molecule has 20 heavy (non-hydrogen) atoms. The molecule has 118 valence electrons. The van der Waals surface area contributed by atoms with E-state index in [4.69, 9.17) is 25.3 Å². The van der Waals surface area contributed by atoms with Crippen molar-refractivity contribution in [3.05, 3.63) is 0 Å². The Morgan fingerprint density at radius 2 is 1.15 bits per heavy atom. The van der Waals surface area contributed by atoms with Crippen LogP contribution in [0.2, 0.25) is 0 Å². The maximum Gasteiger partial charge on any atom is 3.00 e. The van der Waals surface area contributed by atoms with Crippen LogP contribution in [0.15, 0.2) is 20.2 Å². The Bertz CT molecular complexity index is 348. The van der Waals surface area contributed by atoms with E-state index in [1.54, 1.807) is 0 Å². The summed E-state index contributed by atoms with van der Waals surface area (Å²) in [6, 6.07) is 0. The van der Waals surface area contributed by atoms with Gasteiger partial charge in [-0.05, 0) is 38.0 Å². The van der Waals surface area contributed by atoms with Gasteiger partial charge in [0.25, 0.3) is 0 Å². The van der Waals surface area contributed by atoms with Crippen LogP contribution >= 0.6 is 0 Å². The maximum absolute atomic E-state index is 4.92. The second kappa shape index (κ2) is 15.1. The minimum atomic E-state index is 0. The Morgan fingerprint density at radius 3 is 1.40 bits per heavy atom. The Labute approximate surface area is 153 Å². The zero-order chi connectivity index (χ0) is 14.0. The van der Waals surface area contributed by atoms with E-state index >= 15 is 0 Å². The van der Waals surface area contributed by atoms with Crippen LogP contribution in [0.1, 0.15) is 27.7 Å². The third-order valence-electron chi connectivity index (χ3n) is 1.77. The number of nitrogens with one attached hydrogen (secondary N) is 2. The van der Waals surface area contributed by atoms with Gasteiger partial charge >= 0.3 is 22.4 Å². The number of nitrogens with zero attached hydrogens (tertiary/aromatic N) is 4. The first kappa shape index (κ1) is 24.7. The molecule has 6 nitrogen and oxygen atoms in total. The van der Waals surface area contributed by atoms with E-state index < -0.39 is 0 Å². The Hall–Kier alpha value is -0.250. The predicted octanol–water partition coefficient (Wildman–Crippen LogP) is -2.24. The van der Waals surface area contributed by atoms with Gasteiger partial charge in [-0.3, -0.25) is 20.8 Å². The van der Waals surface area contributed by atoms with Gasteiger partial charge in [-0.1, -0.05) is 0 Å². The SMILES string of the molecule is CCN=C([S-])N/N=C(C)/C(C)=N/NC([S-])=NCC.[Au+3].[Cl-]. The van der Waals surface area contributed by atoms with E-state index in [1.807, 2.05) is 27.7 Å². The van der Waals surface area contributed by atoms with E-state index in [2.05, 4.69) is 31.0 Å². The van der Waals surface area contributed by atoms with Gasteiger partial charge in [0.15, 0.2) is 0 Å². The summed E-state index contributed by atoms with van der Waals surface area (Å²) in [7, 11) is 0. The summed E-state index contributed by atoms with van der Waals surface area (Å²) in [6.07, 6.45) is 0. The fraction of sp³-hybridized carbons (Fsp3) is 0.600. The van der Waals surface area contributed by atoms with E-state index in [-0.39, 0.29) is 34.8 Å². The van der Waals surface area contributed by atoms with Crippen LogP contribution in [0, 0.1) is 0 Å². The van der Waals surface area contributed by atoms with E-state index in [0.29, 0.717) is 34.8 Å². The molecular weight excluding hydrogens is 501 g/mol. The average molecular weight is 519 g/mol. The van der Waals surface area contributed by atoms with E-state index in [9.17, 15) is 0 Å². The summed E-state index contributed by atoms with van der Waals surface area (Å²) in [5, 5.41) is 8.82. The smallest absolute Gasteiger partial charge is 1.00 e. The molecule has 0 saturated heterocycles. The van der Waals surface area contributed by atoms with Crippen molar-refractivity contribution in [3.63, 3.8) is 0 Å². The summed E-state index contributed by atoms with van der Waals surface area (Å²) in [6.45, 7) is 8.67. The molecule has 0 aliphatic carbocycles. The van der Waals surface area contributed by atoms with Crippen molar-refractivity contribution in [2.45, 2.75) is 27.7 Å². The molecule has 0 bridgehead atoms. The topological polar surface area (TPSA) is 73.5 Å². The quantitative estimate of drug-likeness (QED) is 0.142. The number of amidine groups is 2. The molecule has 2 N–H and O–H groups in total. The van der Waals surface area contributed by atoms with Gasteiger partial charge in [0.1, 0.15) is 0 Å². The monoisotopic (exact) mass is 518 g/mol. The van der Waals surface area contributed by atoms with Crippen LogP contribution in [-0.4, -0.2) is 34.8 Å². The van der Waals surface area contributed by atoms with Gasteiger partial charge < -0.3 is 37.7 Å². The zero-order valence-corrected chi connectivity index (χ0v) is 16.3. The number of hydrazone groups is 2. The average Bonchev–Trinajstić information content (AvgIpc) is 2.33. The van der Waals surface area contributed by atoms with Crippen molar-refractivity contribution in [2.24, 2.45) is 20.2 Å². The Morgan fingerprint density at radius 1 is 0.850 bits per heavy atom. The largest absolute Gasteiger partial charge is 3.00 e.